The second-order valence-corrected chi connectivity index (χ2v) is 4.79. The molecule has 4 heteroatoms. The van der Waals surface area contributed by atoms with Crippen LogP contribution >= 0.6 is 0 Å². The van der Waals surface area contributed by atoms with Gasteiger partial charge in [0, 0.05) is 13.1 Å². The molecule has 17 heavy (non-hydrogen) atoms. The lowest BCUT2D eigenvalue weighted by Gasteiger charge is -2.06. The van der Waals surface area contributed by atoms with Crippen molar-refractivity contribution in [2.45, 2.75) is 46.0 Å². The van der Waals surface area contributed by atoms with E-state index in [4.69, 9.17) is 10.5 Å². The second-order valence-electron chi connectivity index (χ2n) is 4.79. The summed E-state index contributed by atoms with van der Waals surface area (Å²) in [5.41, 5.74) is 5.25. The summed E-state index contributed by atoms with van der Waals surface area (Å²) in [5, 5.41) is 2.84. The largest absolute Gasteiger partial charge is 0.370 e. The van der Waals surface area contributed by atoms with Gasteiger partial charge in [0.25, 0.3) is 0 Å². The first-order chi connectivity index (χ1) is 8.16. The maximum absolute atomic E-state index is 11.2. The molecule has 0 aliphatic carbocycles. The van der Waals surface area contributed by atoms with Crippen molar-refractivity contribution in [2.75, 3.05) is 26.3 Å². The van der Waals surface area contributed by atoms with Crippen molar-refractivity contribution in [1.29, 1.82) is 0 Å². The molecule has 3 N–H and O–H groups in total. The van der Waals surface area contributed by atoms with Crippen LogP contribution in [0.5, 0.6) is 0 Å². The normalized spacial score (nSPS) is 10.8. The van der Waals surface area contributed by atoms with Crippen LogP contribution in [0.3, 0.4) is 0 Å². The van der Waals surface area contributed by atoms with Gasteiger partial charge in [0.2, 0.25) is 5.91 Å². The average Bonchev–Trinajstić information content (AvgIpc) is 2.28. The fourth-order valence-corrected chi connectivity index (χ4v) is 1.56. The Morgan fingerprint density at radius 1 is 1.24 bits per heavy atom. The molecule has 0 aliphatic rings. The number of carbonyl (C=O) groups is 1. The average molecular weight is 244 g/mol. The Kier molecular flexibility index (Phi) is 11.4. The summed E-state index contributed by atoms with van der Waals surface area (Å²) in [5.74, 6) is 0.759. The minimum Gasteiger partial charge on any atom is -0.370 e. The zero-order valence-corrected chi connectivity index (χ0v) is 11.3. The first kappa shape index (κ1) is 16.4. The van der Waals surface area contributed by atoms with Crippen LogP contribution in [0, 0.1) is 5.92 Å². The summed E-state index contributed by atoms with van der Waals surface area (Å²) in [7, 11) is 0. The molecular formula is C13H28N2O2. The standard InChI is InChI=1S/C13H28N2O2/c1-12(2)7-5-3-4-6-9-15-13(16)11-17-10-8-14/h12H,3-11,14H2,1-2H3,(H,15,16). The molecule has 0 saturated carbocycles. The summed E-state index contributed by atoms with van der Waals surface area (Å²) >= 11 is 0. The molecule has 0 saturated heterocycles. The van der Waals surface area contributed by atoms with E-state index in [1.807, 2.05) is 0 Å². The highest BCUT2D eigenvalue weighted by Gasteiger charge is 1.99. The zero-order chi connectivity index (χ0) is 12.9. The van der Waals surface area contributed by atoms with Crippen LogP contribution in [-0.2, 0) is 9.53 Å². The number of rotatable bonds is 11. The Morgan fingerprint density at radius 2 is 1.94 bits per heavy atom. The predicted octanol–water partition coefficient (Wildman–Crippen LogP) is 1.68. The van der Waals surface area contributed by atoms with Crippen LogP contribution in [0.4, 0.5) is 0 Å². The van der Waals surface area contributed by atoms with Gasteiger partial charge in [-0.1, -0.05) is 39.5 Å². The summed E-state index contributed by atoms with van der Waals surface area (Å²) in [6.07, 6.45) is 6.11. The van der Waals surface area contributed by atoms with Gasteiger partial charge in [-0.05, 0) is 12.3 Å². The number of unbranched alkanes of at least 4 members (excludes halogenated alkanes) is 3. The van der Waals surface area contributed by atoms with Crippen molar-refractivity contribution in [3.63, 3.8) is 0 Å². The topological polar surface area (TPSA) is 64.3 Å². The van der Waals surface area contributed by atoms with Crippen LogP contribution in [0.15, 0.2) is 0 Å². The Balaban J connectivity index is 3.14. The molecule has 1 amide bonds. The van der Waals surface area contributed by atoms with E-state index in [-0.39, 0.29) is 12.5 Å². The molecule has 0 unspecified atom stereocenters. The Hall–Kier alpha value is -0.610. The van der Waals surface area contributed by atoms with Gasteiger partial charge in [-0.25, -0.2) is 0 Å². The lowest BCUT2D eigenvalue weighted by Crippen LogP contribution is -2.29. The molecule has 0 rings (SSSR count). The molecule has 0 atom stereocenters. The van der Waals surface area contributed by atoms with Gasteiger partial charge < -0.3 is 15.8 Å². The molecule has 0 aromatic heterocycles. The van der Waals surface area contributed by atoms with E-state index in [0.717, 1.165) is 18.9 Å². The number of nitrogens with one attached hydrogen (secondary N) is 1. The monoisotopic (exact) mass is 244 g/mol. The number of nitrogens with two attached hydrogens (primary N) is 1. The van der Waals surface area contributed by atoms with Gasteiger partial charge in [-0.2, -0.15) is 0 Å². The van der Waals surface area contributed by atoms with E-state index < -0.39 is 0 Å². The summed E-state index contributed by atoms with van der Waals surface area (Å²) in [6, 6.07) is 0. The van der Waals surface area contributed by atoms with Gasteiger partial charge in [0.15, 0.2) is 0 Å². The third-order valence-electron chi connectivity index (χ3n) is 2.53. The highest BCUT2D eigenvalue weighted by Crippen LogP contribution is 2.08. The maximum Gasteiger partial charge on any atom is 0.245 e. The summed E-state index contributed by atoms with van der Waals surface area (Å²) in [6.45, 7) is 6.30. The molecule has 102 valence electrons. The highest BCUT2D eigenvalue weighted by molar-refractivity contribution is 5.77. The molecule has 0 spiro atoms. The number of hydrogen-bond acceptors (Lipinski definition) is 3. The Bertz CT molecular complexity index is 184. The van der Waals surface area contributed by atoms with Crippen LogP contribution in [0.2, 0.25) is 0 Å². The Morgan fingerprint density at radius 3 is 2.59 bits per heavy atom. The van der Waals surface area contributed by atoms with Gasteiger partial charge in [-0.15, -0.1) is 0 Å². The first-order valence-corrected chi connectivity index (χ1v) is 6.71. The molecule has 4 nitrogen and oxygen atoms in total. The van der Waals surface area contributed by atoms with E-state index >= 15 is 0 Å². The molecule has 0 radical (unpaired) electrons. The zero-order valence-electron chi connectivity index (χ0n) is 11.3. The van der Waals surface area contributed by atoms with Crippen LogP contribution in [0.1, 0.15) is 46.0 Å². The number of ether oxygens (including phenoxy) is 1. The first-order valence-electron chi connectivity index (χ1n) is 6.71. The lowest BCUT2D eigenvalue weighted by molar-refractivity contribution is -0.125. The number of hydrogen-bond donors (Lipinski definition) is 2. The minimum atomic E-state index is -0.0411. The maximum atomic E-state index is 11.2. The SMILES string of the molecule is CC(C)CCCCCCNC(=O)COCCN. The molecular weight excluding hydrogens is 216 g/mol. The third-order valence-corrected chi connectivity index (χ3v) is 2.53. The summed E-state index contributed by atoms with van der Waals surface area (Å²) in [4.78, 5) is 11.2. The van der Waals surface area contributed by atoms with Gasteiger partial charge in [-0.3, -0.25) is 4.79 Å². The van der Waals surface area contributed by atoms with E-state index in [9.17, 15) is 4.79 Å². The molecule has 0 aliphatic heterocycles. The van der Waals surface area contributed by atoms with Crippen LogP contribution in [0.25, 0.3) is 0 Å². The smallest absolute Gasteiger partial charge is 0.245 e. The van der Waals surface area contributed by atoms with Gasteiger partial charge >= 0.3 is 0 Å². The van der Waals surface area contributed by atoms with Crippen LogP contribution in [-0.4, -0.2) is 32.2 Å². The molecule has 0 fully saturated rings. The van der Waals surface area contributed by atoms with E-state index in [1.165, 1.54) is 25.7 Å². The van der Waals surface area contributed by atoms with Crippen molar-refractivity contribution >= 4 is 5.91 Å². The molecule has 0 aromatic rings. The fourth-order valence-electron chi connectivity index (χ4n) is 1.56. The van der Waals surface area contributed by atoms with Gasteiger partial charge in [0.1, 0.15) is 6.61 Å². The molecule has 0 heterocycles. The molecule has 0 aromatic carbocycles. The Labute approximate surface area is 105 Å². The number of carbonyl (C=O) groups excluding carboxylic acids is 1. The van der Waals surface area contributed by atoms with E-state index in [1.54, 1.807) is 0 Å². The van der Waals surface area contributed by atoms with Gasteiger partial charge in [0.05, 0.1) is 6.61 Å². The predicted molar refractivity (Wildman–Crippen MR) is 70.8 cm³/mol. The highest BCUT2D eigenvalue weighted by atomic mass is 16.5. The van der Waals surface area contributed by atoms with Crippen molar-refractivity contribution in [3.05, 3.63) is 0 Å². The number of amides is 1. The third kappa shape index (κ3) is 13.3. The van der Waals surface area contributed by atoms with Crippen molar-refractivity contribution in [1.82, 2.24) is 5.32 Å². The van der Waals surface area contributed by atoms with Crippen molar-refractivity contribution < 1.29 is 9.53 Å². The van der Waals surface area contributed by atoms with Crippen LogP contribution < -0.4 is 11.1 Å². The lowest BCUT2D eigenvalue weighted by atomic mass is 10.0. The quantitative estimate of drug-likeness (QED) is 0.544. The van der Waals surface area contributed by atoms with E-state index in [0.29, 0.717) is 13.2 Å². The minimum absolute atomic E-state index is 0.0411. The second kappa shape index (κ2) is 11.9. The fraction of sp³-hybridized carbons (Fsp3) is 0.923. The van der Waals surface area contributed by atoms with Crippen molar-refractivity contribution in [2.24, 2.45) is 11.7 Å². The molecule has 0 bridgehead atoms. The summed E-state index contributed by atoms with van der Waals surface area (Å²) < 4.78 is 5.03. The van der Waals surface area contributed by atoms with Crippen molar-refractivity contribution in [3.8, 4) is 0 Å². The van der Waals surface area contributed by atoms with E-state index in [2.05, 4.69) is 19.2 Å².